The Hall–Kier alpha value is -2.86. The van der Waals surface area contributed by atoms with Crippen LogP contribution >= 0.6 is 0 Å². The SMILES string of the molecule is COCCn1c(-c2ccc(F)cc2)cnc1NCc1cc(C(C)(C)C)c(O)c(C(C)(C)C)c1. The first-order valence-corrected chi connectivity index (χ1v) is 11.3. The van der Waals surface area contributed by atoms with Crippen molar-refractivity contribution in [2.45, 2.75) is 65.5 Å². The van der Waals surface area contributed by atoms with Gasteiger partial charge in [0.25, 0.3) is 0 Å². The van der Waals surface area contributed by atoms with Crippen LogP contribution in [0.25, 0.3) is 11.3 Å². The average molecular weight is 454 g/mol. The van der Waals surface area contributed by atoms with Gasteiger partial charge >= 0.3 is 0 Å². The summed E-state index contributed by atoms with van der Waals surface area (Å²) >= 11 is 0. The Kier molecular flexibility index (Phi) is 7.17. The Balaban J connectivity index is 1.95. The maximum absolute atomic E-state index is 13.4. The quantitative estimate of drug-likeness (QED) is 0.444. The second-order valence-corrected chi connectivity index (χ2v) is 10.5. The number of phenols is 1. The smallest absolute Gasteiger partial charge is 0.203 e. The number of halogens is 1. The number of ether oxygens (including phenoxy) is 1. The number of phenolic OH excluding ortho intramolecular Hbond substituents is 1. The van der Waals surface area contributed by atoms with Gasteiger partial charge in [-0.3, -0.25) is 0 Å². The van der Waals surface area contributed by atoms with Gasteiger partial charge in [0.1, 0.15) is 11.6 Å². The van der Waals surface area contributed by atoms with Crippen LogP contribution in [0.5, 0.6) is 5.75 Å². The third-order valence-corrected chi connectivity index (χ3v) is 5.75. The maximum atomic E-state index is 13.4. The molecular formula is C27H36FN3O2. The van der Waals surface area contributed by atoms with E-state index in [0.29, 0.717) is 31.4 Å². The van der Waals surface area contributed by atoms with E-state index < -0.39 is 0 Å². The maximum Gasteiger partial charge on any atom is 0.203 e. The van der Waals surface area contributed by atoms with Crippen molar-refractivity contribution in [3.63, 3.8) is 0 Å². The van der Waals surface area contributed by atoms with Crippen LogP contribution < -0.4 is 5.32 Å². The summed E-state index contributed by atoms with van der Waals surface area (Å²) < 4.78 is 20.8. The van der Waals surface area contributed by atoms with Crippen molar-refractivity contribution < 1.29 is 14.2 Å². The molecule has 178 valence electrons. The van der Waals surface area contributed by atoms with Crippen molar-refractivity contribution in [3.8, 4) is 17.0 Å². The molecule has 0 bridgehead atoms. The van der Waals surface area contributed by atoms with Crippen LogP contribution in [-0.2, 0) is 28.7 Å². The molecule has 1 aromatic heterocycles. The van der Waals surface area contributed by atoms with Gasteiger partial charge < -0.3 is 19.7 Å². The lowest BCUT2D eigenvalue weighted by Crippen LogP contribution is -2.19. The zero-order chi connectivity index (χ0) is 24.4. The Morgan fingerprint density at radius 2 is 1.58 bits per heavy atom. The zero-order valence-electron chi connectivity index (χ0n) is 20.8. The third kappa shape index (κ3) is 5.74. The van der Waals surface area contributed by atoms with Crippen molar-refractivity contribution >= 4 is 5.95 Å². The summed E-state index contributed by atoms with van der Waals surface area (Å²) in [5.74, 6) is 0.824. The Morgan fingerprint density at radius 1 is 1.00 bits per heavy atom. The predicted octanol–water partition coefficient (Wildman–Crippen LogP) is 6.25. The highest BCUT2D eigenvalue weighted by molar-refractivity contribution is 5.61. The highest BCUT2D eigenvalue weighted by Crippen LogP contribution is 2.40. The molecule has 0 aliphatic carbocycles. The van der Waals surface area contributed by atoms with Crippen LogP contribution in [0.15, 0.2) is 42.6 Å². The first kappa shape index (κ1) is 24.8. The Labute approximate surface area is 196 Å². The van der Waals surface area contributed by atoms with Gasteiger partial charge in [0, 0.05) is 25.8 Å². The highest BCUT2D eigenvalue weighted by Gasteiger charge is 2.26. The van der Waals surface area contributed by atoms with E-state index in [0.717, 1.165) is 27.9 Å². The minimum atomic E-state index is -0.267. The Bertz CT molecular complexity index is 1060. The van der Waals surface area contributed by atoms with E-state index in [1.807, 2.05) is 4.57 Å². The normalized spacial score (nSPS) is 12.2. The summed E-state index contributed by atoms with van der Waals surface area (Å²) in [6, 6.07) is 10.6. The van der Waals surface area contributed by atoms with Crippen LogP contribution in [0.4, 0.5) is 10.3 Å². The lowest BCUT2D eigenvalue weighted by Gasteiger charge is -2.28. The van der Waals surface area contributed by atoms with E-state index in [-0.39, 0.29) is 16.6 Å². The fourth-order valence-electron chi connectivity index (χ4n) is 3.90. The molecule has 1 heterocycles. The molecule has 6 heteroatoms. The molecule has 0 spiro atoms. The highest BCUT2D eigenvalue weighted by atomic mass is 19.1. The fraction of sp³-hybridized carbons (Fsp3) is 0.444. The summed E-state index contributed by atoms with van der Waals surface area (Å²) in [4.78, 5) is 4.60. The summed E-state index contributed by atoms with van der Waals surface area (Å²) in [6.07, 6.45) is 1.79. The van der Waals surface area contributed by atoms with E-state index in [2.05, 4.69) is 64.0 Å². The number of nitrogens with one attached hydrogen (secondary N) is 1. The molecule has 2 aromatic carbocycles. The van der Waals surface area contributed by atoms with E-state index in [4.69, 9.17) is 4.74 Å². The lowest BCUT2D eigenvalue weighted by molar-refractivity contribution is 0.188. The van der Waals surface area contributed by atoms with E-state index in [1.54, 1.807) is 25.4 Å². The van der Waals surface area contributed by atoms with Crippen molar-refractivity contribution in [2.75, 3.05) is 19.0 Å². The van der Waals surface area contributed by atoms with Crippen LogP contribution in [-0.4, -0.2) is 28.4 Å². The van der Waals surface area contributed by atoms with E-state index in [1.165, 1.54) is 12.1 Å². The minimum absolute atomic E-state index is 0.188. The van der Waals surface area contributed by atoms with Gasteiger partial charge in [-0.2, -0.15) is 0 Å². The molecule has 5 nitrogen and oxygen atoms in total. The lowest BCUT2D eigenvalue weighted by atomic mass is 9.78. The van der Waals surface area contributed by atoms with Crippen LogP contribution in [0.2, 0.25) is 0 Å². The molecule has 0 saturated heterocycles. The second kappa shape index (κ2) is 9.56. The van der Waals surface area contributed by atoms with Crippen molar-refractivity contribution in [1.29, 1.82) is 0 Å². The number of imidazole rings is 1. The van der Waals surface area contributed by atoms with Gasteiger partial charge in [-0.25, -0.2) is 9.37 Å². The molecule has 3 aromatic rings. The van der Waals surface area contributed by atoms with E-state index >= 15 is 0 Å². The largest absolute Gasteiger partial charge is 0.507 e. The van der Waals surface area contributed by atoms with Gasteiger partial charge in [-0.05, 0) is 63.9 Å². The van der Waals surface area contributed by atoms with Gasteiger partial charge in [-0.15, -0.1) is 0 Å². The topological polar surface area (TPSA) is 59.3 Å². The monoisotopic (exact) mass is 453 g/mol. The number of methoxy groups -OCH3 is 1. The number of hydrogen-bond acceptors (Lipinski definition) is 4. The fourth-order valence-corrected chi connectivity index (χ4v) is 3.90. The summed E-state index contributed by atoms with van der Waals surface area (Å²) in [5.41, 5.74) is 4.35. The average Bonchev–Trinajstić information content (AvgIpc) is 3.13. The van der Waals surface area contributed by atoms with Gasteiger partial charge in [0.2, 0.25) is 5.95 Å². The molecule has 0 saturated carbocycles. The second-order valence-electron chi connectivity index (χ2n) is 10.5. The molecule has 0 aliphatic heterocycles. The molecule has 0 radical (unpaired) electrons. The molecule has 0 unspecified atom stereocenters. The van der Waals surface area contributed by atoms with Gasteiger partial charge in [-0.1, -0.05) is 41.5 Å². The number of rotatable bonds is 7. The molecule has 0 atom stereocenters. The summed E-state index contributed by atoms with van der Waals surface area (Å²) in [5, 5.41) is 14.4. The van der Waals surface area contributed by atoms with Crippen LogP contribution in [0.1, 0.15) is 58.2 Å². The van der Waals surface area contributed by atoms with Crippen LogP contribution in [0.3, 0.4) is 0 Å². The number of nitrogens with zero attached hydrogens (tertiary/aromatic N) is 2. The number of benzene rings is 2. The Morgan fingerprint density at radius 3 is 2.09 bits per heavy atom. The summed E-state index contributed by atoms with van der Waals surface area (Å²) in [6.45, 7) is 14.4. The van der Waals surface area contributed by atoms with Crippen molar-refractivity contribution in [2.24, 2.45) is 0 Å². The first-order valence-electron chi connectivity index (χ1n) is 11.3. The first-order chi connectivity index (χ1) is 15.4. The molecule has 0 fully saturated rings. The standard InChI is InChI=1S/C27H36FN3O2/c1-26(2,3)21-14-18(15-22(24(21)32)27(4,5)6)16-29-25-30-17-23(31(25)12-13-33-7)19-8-10-20(28)11-9-19/h8-11,14-15,17,32H,12-13,16H2,1-7H3,(H,29,30). The van der Waals surface area contributed by atoms with Crippen molar-refractivity contribution in [3.05, 3.63) is 65.1 Å². The molecule has 2 N–H and O–H groups in total. The van der Waals surface area contributed by atoms with E-state index in [9.17, 15) is 9.50 Å². The number of anilines is 1. The van der Waals surface area contributed by atoms with Crippen molar-refractivity contribution in [1.82, 2.24) is 9.55 Å². The number of aromatic nitrogens is 2. The minimum Gasteiger partial charge on any atom is -0.507 e. The zero-order valence-corrected chi connectivity index (χ0v) is 20.8. The number of aromatic hydroxyl groups is 1. The van der Waals surface area contributed by atoms with Gasteiger partial charge in [0.15, 0.2) is 0 Å². The molecular weight excluding hydrogens is 417 g/mol. The molecule has 0 amide bonds. The summed E-state index contributed by atoms with van der Waals surface area (Å²) in [7, 11) is 1.67. The van der Waals surface area contributed by atoms with Crippen LogP contribution in [0, 0.1) is 5.82 Å². The molecule has 0 aliphatic rings. The third-order valence-electron chi connectivity index (χ3n) is 5.75. The predicted molar refractivity (Wildman–Crippen MR) is 132 cm³/mol. The van der Waals surface area contributed by atoms with Gasteiger partial charge in [0.05, 0.1) is 18.5 Å². The molecule has 33 heavy (non-hydrogen) atoms. The molecule has 3 rings (SSSR count). The number of hydrogen-bond donors (Lipinski definition) is 2.